The second kappa shape index (κ2) is 3.67. The van der Waals surface area contributed by atoms with E-state index >= 15 is 0 Å². The van der Waals surface area contributed by atoms with Crippen LogP contribution in [0.1, 0.15) is 25.5 Å². The van der Waals surface area contributed by atoms with Gasteiger partial charge in [-0.05, 0) is 6.42 Å². The maximum atomic E-state index is 10.2. The van der Waals surface area contributed by atoms with E-state index in [4.69, 9.17) is 4.74 Å². The fourth-order valence-corrected chi connectivity index (χ4v) is 1.75. The summed E-state index contributed by atoms with van der Waals surface area (Å²) in [5.74, 6) is 0. The van der Waals surface area contributed by atoms with Gasteiger partial charge >= 0.3 is 0 Å². The molecule has 1 aliphatic heterocycles. The van der Waals surface area contributed by atoms with E-state index in [1.165, 1.54) is 0 Å². The standard InChI is InChI=1S/C9H15N3O2/c1-2-4-12-8(6-10-11-12)9(13)3-5-14-7-9/h6,13H,2-5,7H2,1H3. The predicted molar refractivity (Wildman–Crippen MR) is 49.6 cm³/mol. The van der Waals surface area contributed by atoms with E-state index in [2.05, 4.69) is 17.2 Å². The van der Waals surface area contributed by atoms with E-state index < -0.39 is 5.60 Å². The van der Waals surface area contributed by atoms with Crippen LogP contribution in [0.5, 0.6) is 0 Å². The number of aliphatic hydroxyl groups is 1. The maximum Gasteiger partial charge on any atom is 0.133 e. The molecular formula is C9H15N3O2. The zero-order valence-electron chi connectivity index (χ0n) is 8.31. The van der Waals surface area contributed by atoms with Gasteiger partial charge in [0, 0.05) is 19.6 Å². The average Bonchev–Trinajstić information content (AvgIpc) is 2.75. The fourth-order valence-electron chi connectivity index (χ4n) is 1.75. The first-order valence-electron chi connectivity index (χ1n) is 4.95. The highest BCUT2D eigenvalue weighted by molar-refractivity contribution is 5.09. The van der Waals surface area contributed by atoms with Crippen molar-refractivity contribution >= 4 is 0 Å². The molecule has 0 aliphatic carbocycles. The number of hydrogen-bond acceptors (Lipinski definition) is 4. The van der Waals surface area contributed by atoms with Crippen molar-refractivity contribution in [3.8, 4) is 0 Å². The summed E-state index contributed by atoms with van der Waals surface area (Å²) in [5.41, 5.74) is -0.101. The fraction of sp³-hybridized carbons (Fsp3) is 0.778. The highest BCUT2D eigenvalue weighted by atomic mass is 16.5. The lowest BCUT2D eigenvalue weighted by Gasteiger charge is -2.20. The number of ether oxygens (including phenoxy) is 1. The molecule has 14 heavy (non-hydrogen) atoms. The van der Waals surface area contributed by atoms with Crippen molar-refractivity contribution in [2.45, 2.75) is 31.9 Å². The van der Waals surface area contributed by atoms with E-state index in [0.717, 1.165) is 18.7 Å². The van der Waals surface area contributed by atoms with Gasteiger partial charge in [-0.2, -0.15) is 0 Å². The second-order valence-electron chi connectivity index (χ2n) is 3.68. The molecule has 0 amide bonds. The number of aryl methyl sites for hydroxylation is 1. The SMILES string of the molecule is CCCn1nncc1C1(O)CCOC1. The van der Waals surface area contributed by atoms with Crippen LogP contribution in [0.2, 0.25) is 0 Å². The molecule has 1 unspecified atom stereocenters. The van der Waals surface area contributed by atoms with Gasteiger partial charge in [0.1, 0.15) is 5.60 Å². The lowest BCUT2D eigenvalue weighted by Crippen LogP contribution is -2.29. The molecule has 0 radical (unpaired) electrons. The molecular weight excluding hydrogens is 182 g/mol. The Morgan fingerprint density at radius 3 is 3.21 bits per heavy atom. The van der Waals surface area contributed by atoms with E-state index in [0.29, 0.717) is 19.6 Å². The van der Waals surface area contributed by atoms with Gasteiger partial charge < -0.3 is 9.84 Å². The van der Waals surface area contributed by atoms with Gasteiger partial charge in [0.2, 0.25) is 0 Å². The molecule has 1 saturated heterocycles. The van der Waals surface area contributed by atoms with Crippen LogP contribution in [0.3, 0.4) is 0 Å². The molecule has 1 aliphatic rings. The predicted octanol–water partition coefficient (Wildman–Crippen LogP) is 0.296. The summed E-state index contributed by atoms with van der Waals surface area (Å²) in [6.07, 6.45) is 3.24. The van der Waals surface area contributed by atoms with Gasteiger partial charge in [0.05, 0.1) is 18.5 Å². The average molecular weight is 197 g/mol. The molecule has 5 heteroatoms. The van der Waals surface area contributed by atoms with E-state index in [1.807, 2.05) is 0 Å². The largest absolute Gasteiger partial charge is 0.381 e. The van der Waals surface area contributed by atoms with Gasteiger partial charge in [0.25, 0.3) is 0 Å². The number of rotatable bonds is 3. The third-order valence-corrected chi connectivity index (χ3v) is 2.53. The monoisotopic (exact) mass is 197 g/mol. The minimum absolute atomic E-state index is 0.351. The zero-order chi connectivity index (χ0) is 10.0. The number of hydrogen-bond donors (Lipinski definition) is 1. The first-order valence-corrected chi connectivity index (χ1v) is 4.95. The maximum absolute atomic E-state index is 10.2. The number of nitrogens with zero attached hydrogens (tertiary/aromatic N) is 3. The normalized spacial score (nSPS) is 27.0. The van der Waals surface area contributed by atoms with Crippen molar-refractivity contribution in [1.82, 2.24) is 15.0 Å². The van der Waals surface area contributed by atoms with Crippen LogP contribution < -0.4 is 0 Å². The molecule has 5 nitrogen and oxygen atoms in total. The van der Waals surface area contributed by atoms with Gasteiger partial charge in [-0.25, -0.2) is 4.68 Å². The lowest BCUT2D eigenvalue weighted by molar-refractivity contribution is 0.0153. The van der Waals surface area contributed by atoms with Crippen LogP contribution in [0.15, 0.2) is 6.20 Å². The minimum atomic E-state index is -0.876. The minimum Gasteiger partial charge on any atom is -0.381 e. The van der Waals surface area contributed by atoms with Crippen molar-refractivity contribution < 1.29 is 9.84 Å². The molecule has 0 bridgehead atoms. The van der Waals surface area contributed by atoms with Crippen LogP contribution in [0, 0.1) is 0 Å². The Kier molecular flexibility index (Phi) is 2.52. The van der Waals surface area contributed by atoms with Crippen LogP contribution >= 0.6 is 0 Å². The van der Waals surface area contributed by atoms with Gasteiger partial charge in [0.15, 0.2) is 0 Å². The van der Waals surface area contributed by atoms with Gasteiger partial charge in [-0.3, -0.25) is 0 Å². The third kappa shape index (κ3) is 1.53. The van der Waals surface area contributed by atoms with Crippen molar-refractivity contribution in [2.75, 3.05) is 13.2 Å². The van der Waals surface area contributed by atoms with Crippen LogP contribution in [-0.2, 0) is 16.9 Å². The van der Waals surface area contributed by atoms with Crippen molar-refractivity contribution in [2.24, 2.45) is 0 Å². The summed E-state index contributed by atoms with van der Waals surface area (Å²) >= 11 is 0. The van der Waals surface area contributed by atoms with Gasteiger partial charge in [-0.15, -0.1) is 5.10 Å². The molecule has 1 atom stereocenters. The lowest BCUT2D eigenvalue weighted by atomic mass is 10.00. The van der Waals surface area contributed by atoms with Gasteiger partial charge in [-0.1, -0.05) is 12.1 Å². The summed E-state index contributed by atoms with van der Waals surface area (Å²) in [6, 6.07) is 0. The Morgan fingerprint density at radius 2 is 2.57 bits per heavy atom. The summed E-state index contributed by atoms with van der Waals surface area (Å²) < 4.78 is 6.96. The third-order valence-electron chi connectivity index (χ3n) is 2.53. The molecule has 0 aromatic carbocycles. The summed E-state index contributed by atoms with van der Waals surface area (Å²) in [4.78, 5) is 0. The van der Waals surface area contributed by atoms with Crippen LogP contribution in [-0.4, -0.2) is 33.3 Å². The highest BCUT2D eigenvalue weighted by Gasteiger charge is 2.37. The Hall–Kier alpha value is -0.940. The van der Waals surface area contributed by atoms with Crippen molar-refractivity contribution in [3.05, 3.63) is 11.9 Å². The van der Waals surface area contributed by atoms with Crippen LogP contribution in [0.25, 0.3) is 0 Å². The quantitative estimate of drug-likeness (QED) is 0.757. The topological polar surface area (TPSA) is 60.2 Å². The molecule has 1 N–H and O–H groups in total. The first-order chi connectivity index (χ1) is 6.76. The number of aromatic nitrogens is 3. The molecule has 1 fully saturated rings. The Morgan fingerprint density at radius 1 is 1.71 bits per heavy atom. The Bertz CT molecular complexity index is 305. The Labute approximate surface area is 82.7 Å². The van der Waals surface area contributed by atoms with Crippen molar-refractivity contribution in [3.63, 3.8) is 0 Å². The van der Waals surface area contributed by atoms with Crippen molar-refractivity contribution in [1.29, 1.82) is 0 Å². The van der Waals surface area contributed by atoms with Crippen LogP contribution in [0.4, 0.5) is 0 Å². The molecule has 78 valence electrons. The molecule has 0 saturated carbocycles. The summed E-state index contributed by atoms with van der Waals surface area (Å²) in [7, 11) is 0. The first kappa shape index (κ1) is 9.61. The second-order valence-corrected chi connectivity index (χ2v) is 3.68. The molecule has 1 aromatic rings. The zero-order valence-corrected chi connectivity index (χ0v) is 8.31. The summed E-state index contributed by atoms with van der Waals surface area (Å²) in [5, 5.41) is 18.0. The molecule has 1 aromatic heterocycles. The molecule has 0 spiro atoms. The molecule has 2 rings (SSSR count). The van der Waals surface area contributed by atoms with E-state index in [1.54, 1.807) is 10.9 Å². The van der Waals surface area contributed by atoms with E-state index in [-0.39, 0.29) is 0 Å². The molecule has 2 heterocycles. The Balaban J connectivity index is 2.25. The highest BCUT2D eigenvalue weighted by Crippen LogP contribution is 2.29. The smallest absolute Gasteiger partial charge is 0.133 e. The van der Waals surface area contributed by atoms with E-state index in [9.17, 15) is 5.11 Å². The summed E-state index contributed by atoms with van der Waals surface area (Å²) in [6.45, 7) is 3.82.